The van der Waals surface area contributed by atoms with Gasteiger partial charge in [0.1, 0.15) is 6.10 Å². The Labute approximate surface area is 144 Å². The number of carbonyl (C=O) groups excluding carboxylic acids is 1. The van der Waals surface area contributed by atoms with Crippen LogP contribution in [0.5, 0.6) is 0 Å². The van der Waals surface area contributed by atoms with Crippen molar-refractivity contribution in [2.45, 2.75) is 6.10 Å². The van der Waals surface area contributed by atoms with Crippen molar-refractivity contribution < 1.29 is 9.53 Å². The molecule has 0 radical (unpaired) electrons. The van der Waals surface area contributed by atoms with Crippen molar-refractivity contribution in [2.24, 2.45) is 0 Å². The zero-order valence-corrected chi connectivity index (χ0v) is 14.3. The van der Waals surface area contributed by atoms with Crippen LogP contribution >= 0.6 is 24.8 Å². The van der Waals surface area contributed by atoms with Crippen molar-refractivity contribution in [1.29, 1.82) is 0 Å². The molecule has 3 rings (SSSR count). The number of para-hydroxylation sites is 1. The van der Waals surface area contributed by atoms with Gasteiger partial charge in [-0.1, -0.05) is 18.2 Å². The summed E-state index contributed by atoms with van der Waals surface area (Å²) >= 11 is 0. The van der Waals surface area contributed by atoms with E-state index in [0.29, 0.717) is 6.54 Å². The number of hydrogen-bond acceptors (Lipinski definition) is 4. The number of benzene rings is 1. The lowest BCUT2D eigenvalue weighted by atomic mass is 10.2. The number of hydrogen-bond donors (Lipinski definition) is 0. The molecule has 1 aromatic carbocycles. The van der Waals surface area contributed by atoms with Crippen molar-refractivity contribution in [3.8, 4) is 0 Å². The first-order chi connectivity index (χ1) is 9.72. The van der Waals surface area contributed by atoms with Crippen molar-refractivity contribution in [2.75, 3.05) is 51.2 Å². The van der Waals surface area contributed by atoms with Gasteiger partial charge >= 0.3 is 6.09 Å². The molecule has 1 atom stereocenters. The summed E-state index contributed by atoms with van der Waals surface area (Å²) in [5.74, 6) is 0. The van der Waals surface area contributed by atoms with Crippen molar-refractivity contribution in [3.05, 3.63) is 30.3 Å². The third-order valence-corrected chi connectivity index (χ3v) is 4.00. The quantitative estimate of drug-likeness (QED) is 0.838. The Morgan fingerprint density at radius 2 is 1.73 bits per heavy atom. The van der Waals surface area contributed by atoms with Crippen molar-refractivity contribution >= 4 is 36.6 Å². The van der Waals surface area contributed by atoms with Gasteiger partial charge in [-0.3, -0.25) is 9.80 Å². The van der Waals surface area contributed by atoms with E-state index < -0.39 is 0 Å². The number of piperazine rings is 1. The molecule has 2 aliphatic heterocycles. The second-order valence-electron chi connectivity index (χ2n) is 5.56. The highest BCUT2D eigenvalue weighted by Gasteiger charge is 2.33. The molecule has 0 aromatic heterocycles. The normalized spacial score (nSPS) is 22.7. The molecule has 5 nitrogen and oxygen atoms in total. The fourth-order valence-electron chi connectivity index (χ4n) is 2.75. The SMILES string of the molecule is CN1CCN(CC2CN(c3ccccc3)C(=O)O2)CC1.Cl.Cl. The number of amides is 1. The smallest absolute Gasteiger partial charge is 0.414 e. The minimum atomic E-state index is -0.227. The fraction of sp³-hybridized carbons (Fsp3) is 0.533. The van der Waals surface area contributed by atoms with Crippen molar-refractivity contribution in [3.63, 3.8) is 0 Å². The molecule has 1 aromatic rings. The molecule has 0 bridgehead atoms. The van der Waals surface area contributed by atoms with E-state index >= 15 is 0 Å². The van der Waals surface area contributed by atoms with E-state index in [1.165, 1.54) is 0 Å². The van der Waals surface area contributed by atoms with Gasteiger partial charge in [0, 0.05) is 38.4 Å². The largest absolute Gasteiger partial charge is 0.443 e. The molecule has 1 unspecified atom stereocenters. The summed E-state index contributed by atoms with van der Waals surface area (Å²) in [7, 11) is 2.14. The Hall–Kier alpha value is -1.01. The molecule has 0 saturated carbocycles. The van der Waals surface area contributed by atoms with Crippen LogP contribution in [0, 0.1) is 0 Å². The molecular formula is C15H23Cl2N3O2. The van der Waals surface area contributed by atoms with Crippen molar-refractivity contribution in [1.82, 2.24) is 9.80 Å². The number of anilines is 1. The van der Waals surface area contributed by atoms with Crippen LogP contribution in [0.3, 0.4) is 0 Å². The first-order valence-electron chi connectivity index (χ1n) is 7.16. The van der Waals surface area contributed by atoms with Crippen LogP contribution < -0.4 is 4.90 Å². The number of rotatable bonds is 3. The van der Waals surface area contributed by atoms with E-state index in [-0.39, 0.29) is 37.0 Å². The van der Waals surface area contributed by atoms with E-state index in [1.54, 1.807) is 4.90 Å². The predicted molar refractivity (Wildman–Crippen MR) is 92.5 cm³/mol. The highest BCUT2D eigenvalue weighted by atomic mass is 35.5. The first-order valence-corrected chi connectivity index (χ1v) is 7.16. The van der Waals surface area contributed by atoms with Crippen LogP contribution in [0.1, 0.15) is 0 Å². The average molecular weight is 348 g/mol. The van der Waals surface area contributed by atoms with Gasteiger partial charge in [-0.25, -0.2) is 4.79 Å². The maximum atomic E-state index is 12.0. The zero-order valence-electron chi connectivity index (χ0n) is 12.7. The lowest BCUT2D eigenvalue weighted by Gasteiger charge is -2.33. The van der Waals surface area contributed by atoms with E-state index in [1.807, 2.05) is 30.3 Å². The van der Waals surface area contributed by atoms with Crippen LogP contribution in [-0.2, 0) is 4.74 Å². The lowest BCUT2D eigenvalue weighted by molar-refractivity contribution is 0.0841. The van der Waals surface area contributed by atoms with Crippen LogP contribution in [-0.4, -0.2) is 68.3 Å². The molecule has 22 heavy (non-hydrogen) atoms. The Morgan fingerprint density at radius 3 is 2.36 bits per heavy atom. The van der Waals surface area contributed by atoms with E-state index in [2.05, 4.69) is 16.8 Å². The molecule has 124 valence electrons. The minimum Gasteiger partial charge on any atom is -0.443 e. The number of carbonyl (C=O) groups is 1. The van der Waals surface area contributed by atoms with Gasteiger partial charge in [0.2, 0.25) is 0 Å². The molecular weight excluding hydrogens is 325 g/mol. The highest BCUT2D eigenvalue weighted by Crippen LogP contribution is 2.21. The Kier molecular flexibility index (Phi) is 7.42. The third-order valence-electron chi connectivity index (χ3n) is 4.00. The van der Waals surface area contributed by atoms with Gasteiger partial charge in [0.25, 0.3) is 0 Å². The van der Waals surface area contributed by atoms with Crippen LogP contribution in [0.15, 0.2) is 30.3 Å². The number of cyclic esters (lactones) is 1. The minimum absolute atomic E-state index is 0. The van der Waals surface area contributed by atoms with Gasteiger partial charge < -0.3 is 9.64 Å². The predicted octanol–water partition coefficient (Wildman–Crippen LogP) is 2.10. The lowest BCUT2D eigenvalue weighted by Crippen LogP contribution is -2.47. The second-order valence-corrected chi connectivity index (χ2v) is 5.56. The Balaban J connectivity index is 0.00000121. The van der Waals surface area contributed by atoms with E-state index in [0.717, 1.165) is 38.4 Å². The van der Waals surface area contributed by atoms with Crippen LogP contribution in [0.2, 0.25) is 0 Å². The topological polar surface area (TPSA) is 36.0 Å². The molecule has 0 N–H and O–H groups in total. The Bertz CT molecular complexity index is 467. The van der Waals surface area contributed by atoms with Gasteiger partial charge in [0.15, 0.2) is 0 Å². The first kappa shape index (κ1) is 19.0. The van der Waals surface area contributed by atoms with Gasteiger partial charge in [-0.2, -0.15) is 0 Å². The summed E-state index contributed by atoms with van der Waals surface area (Å²) in [5.41, 5.74) is 0.915. The zero-order chi connectivity index (χ0) is 13.9. The molecule has 1 amide bonds. The molecule has 2 fully saturated rings. The molecule has 2 aliphatic rings. The Morgan fingerprint density at radius 1 is 1.09 bits per heavy atom. The summed E-state index contributed by atoms with van der Waals surface area (Å²) in [6.45, 7) is 5.76. The van der Waals surface area contributed by atoms with E-state index in [4.69, 9.17) is 4.74 Å². The monoisotopic (exact) mass is 347 g/mol. The van der Waals surface area contributed by atoms with Gasteiger partial charge in [-0.15, -0.1) is 24.8 Å². The molecule has 2 heterocycles. The van der Waals surface area contributed by atoms with Crippen LogP contribution in [0.4, 0.5) is 10.5 Å². The number of ether oxygens (including phenoxy) is 1. The molecule has 7 heteroatoms. The maximum absolute atomic E-state index is 12.0. The van der Waals surface area contributed by atoms with E-state index in [9.17, 15) is 4.79 Å². The molecule has 0 spiro atoms. The number of likely N-dealkylation sites (N-methyl/N-ethyl adjacent to an activating group) is 1. The highest BCUT2D eigenvalue weighted by molar-refractivity contribution is 5.89. The maximum Gasteiger partial charge on any atom is 0.414 e. The van der Waals surface area contributed by atoms with Gasteiger partial charge in [-0.05, 0) is 19.2 Å². The van der Waals surface area contributed by atoms with Crippen LogP contribution in [0.25, 0.3) is 0 Å². The second kappa shape index (κ2) is 8.58. The third kappa shape index (κ3) is 4.49. The summed E-state index contributed by atoms with van der Waals surface area (Å²) in [6.07, 6.45) is -0.249. The van der Waals surface area contributed by atoms with Gasteiger partial charge in [0.05, 0.1) is 6.54 Å². The average Bonchev–Trinajstić information content (AvgIpc) is 2.83. The summed E-state index contributed by atoms with van der Waals surface area (Å²) < 4.78 is 5.49. The number of nitrogens with zero attached hydrogens (tertiary/aromatic N) is 3. The standard InChI is InChI=1S/C15H21N3O2.2ClH/c1-16-7-9-17(10-8-16)11-14-12-18(15(19)20-14)13-5-3-2-4-6-13;;/h2-6,14H,7-12H2,1H3;2*1H. The number of halogens is 2. The molecule has 2 saturated heterocycles. The fourth-order valence-corrected chi connectivity index (χ4v) is 2.75. The summed E-state index contributed by atoms with van der Waals surface area (Å²) in [5, 5.41) is 0. The summed E-state index contributed by atoms with van der Waals surface area (Å²) in [6, 6.07) is 9.72. The molecule has 0 aliphatic carbocycles. The summed E-state index contributed by atoms with van der Waals surface area (Å²) in [4.78, 5) is 18.4.